The molecule has 0 saturated carbocycles. The number of anilines is 1. The van der Waals surface area contributed by atoms with Gasteiger partial charge in [0, 0.05) is 12.1 Å². The number of aliphatic hydroxyl groups is 1. The van der Waals surface area contributed by atoms with Crippen molar-refractivity contribution in [2.75, 3.05) is 5.32 Å². The smallest absolute Gasteiger partial charge is 0.228 e. The molecule has 0 fully saturated rings. The maximum absolute atomic E-state index is 12.8. The molecular weight excluding hydrogens is 257 g/mol. The minimum atomic E-state index is -0.665. The molecule has 1 aliphatic heterocycles. The average molecular weight is 271 g/mol. The summed E-state index contributed by atoms with van der Waals surface area (Å²) in [4.78, 5) is 11.3. The van der Waals surface area contributed by atoms with Gasteiger partial charge in [0.25, 0.3) is 0 Å². The number of hydrogen-bond donors (Lipinski definition) is 2. The highest BCUT2D eigenvalue weighted by Crippen LogP contribution is 2.27. The fourth-order valence-electron chi connectivity index (χ4n) is 2.42. The van der Waals surface area contributed by atoms with Crippen LogP contribution in [0.15, 0.2) is 42.5 Å². The predicted octanol–water partition coefficient (Wildman–Crippen LogP) is 2.60. The molecule has 1 heterocycles. The molecule has 0 radical (unpaired) electrons. The van der Waals surface area contributed by atoms with Crippen molar-refractivity contribution >= 4 is 11.6 Å². The van der Waals surface area contributed by atoms with E-state index in [1.165, 1.54) is 12.1 Å². The number of nitrogens with one attached hydrogen (secondary N) is 1. The number of rotatable bonds is 3. The molecular formula is C16H14FNO2. The maximum atomic E-state index is 12.8. The molecule has 20 heavy (non-hydrogen) atoms. The van der Waals surface area contributed by atoms with Crippen LogP contribution in [-0.4, -0.2) is 11.0 Å². The number of benzene rings is 2. The van der Waals surface area contributed by atoms with Gasteiger partial charge in [0.05, 0.1) is 12.5 Å². The minimum Gasteiger partial charge on any atom is -0.388 e. The number of carbonyl (C=O) groups excluding carboxylic acids is 1. The van der Waals surface area contributed by atoms with Gasteiger partial charge in [-0.1, -0.05) is 24.3 Å². The molecule has 0 bridgehead atoms. The van der Waals surface area contributed by atoms with E-state index in [1.54, 1.807) is 18.2 Å². The van der Waals surface area contributed by atoms with Gasteiger partial charge in [-0.25, -0.2) is 4.39 Å². The minimum absolute atomic E-state index is 0.0230. The molecule has 2 N–H and O–H groups in total. The summed E-state index contributed by atoms with van der Waals surface area (Å²) in [7, 11) is 0. The maximum Gasteiger partial charge on any atom is 0.228 e. The Balaban J connectivity index is 1.77. The molecule has 3 nitrogen and oxygen atoms in total. The zero-order valence-electron chi connectivity index (χ0n) is 10.8. The van der Waals surface area contributed by atoms with E-state index in [0.717, 1.165) is 22.4 Å². The van der Waals surface area contributed by atoms with E-state index in [-0.39, 0.29) is 11.7 Å². The van der Waals surface area contributed by atoms with Crippen LogP contribution in [0.3, 0.4) is 0 Å². The highest BCUT2D eigenvalue weighted by atomic mass is 19.1. The zero-order valence-corrected chi connectivity index (χ0v) is 10.8. The van der Waals surface area contributed by atoms with E-state index in [1.807, 2.05) is 12.1 Å². The number of carbonyl (C=O) groups is 1. The van der Waals surface area contributed by atoms with Crippen molar-refractivity contribution < 1.29 is 14.3 Å². The van der Waals surface area contributed by atoms with Gasteiger partial charge in [0.1, 0.15) is 5.82 Å². The quantitative estimate of drug-likeness (QED) is 0.901. The van der Waals surface area contributed by atoms with E-state index in [2.05, 4.69) is 5.32 Å². The first-order chi connectivity index (χ1) is 9.61. The third-order valence-corrected chi connectivity index (χ3v) is 3.48. The van der Waals surface area contributed by atoms with Crippen LogP contribution in [0.2, 0.25) is 0 Å². The predicted molar refractivity (Wildman–Crippen MR) is 73.8 cm³/mol. The zero-order chi connectivity index (χ0) is 14.1. The van der Waals surface area contributed by atoms with Gasteiger partial charge in [-0.3, -0.25) is 4.79 Å². The van der Waals surface area contributed by atoms with Gasteiger partial charge in [-0.15, -0.1) is 0 Å². The fraction of sp³-hybridized carbons (Fsp3) is 0.188. The molecule has 102 valence electrons. The van der Waals surface area contributed by atoms with E-state index < -0.39 is 6.10 Å². The Kier molecular flexibility index (Phi) is 3.24. The SMILES string of the molecule is O=C1Cc2cc(C(O)Cc3ccc(F)cc3)ccc2N1. The number of aliphatic hydroxyl groups excluding tert-OH is 1. The molecule has 1 aliphatic rings. The molecule has 4 heteroatoms. The third-order valence-electron chi connectivity index (χ3n) is 3.48. The first kappa shape index (κ1) is 12.8. The van der Waals surface area contributed by atoms with Crippen LogP contribution in [0.25, 0.3) is 0 Å². The molecule has 1 unspecified atom stereocenters. The van der Waals surface area contributed by atoms with E-state index in [9.17, 15) is 14.3 Å². The molecule has 0 saturated heterocycles. The van der Waals surface area contributed by atoms with Gasteiger partial charge in [-0.05, 0) is 34.9 Å². The molecule has 2 aromatic rings. The van der Waals surface area contributed by atoms with Crippen molar-refractivity contribution in [3.63, 3.8) is 0 Å². The highest BCUT2D eigenvalue weighted by Gasteiger charge is 2.19. The molecule has 3 rings (SSSR count). The van der Waals surface area contributed by atoms with Crippen molar-refractivity contribution in [2.45, 2.75) is 18.9 Å². The molecule has 0 spiro atoms. The summed E-state index contributed by atoms with van der Waals surface area (Å²) in [5, 5.41) is 13.0. The van der Waals surface area contributed by atoms with Gasteiger partial charge in [-0.2, -0.15) is 0 Å². The molecule has 2 aromatic carbocycles. The van der Waals surface area contributed by atoms with Crippen LogP contribution in [0.1, 0.15) is 22.8 Å². The third kappa shape index (κ3) is 2.56. The lowest BCUT2D eigenvalue weighted by Crippen LogP contribution is -2.03. The number of hydrogen-bond acceptors (Lipinski definition) is 2. The Morgan fingerprint density at radius 2 is 1.95 bits per heavy atom. The van der Waals surface area contributed by atoms with Crippen molar-refractivity contribution in [3.05, 3.63) is 65.0 Å². The summed E-state index contributed by atoms with van der Waals surface area (Å²) in [5.41, 5.74) is 3.36. The number of fused-ring (bicyclic) bond motifs is 1. The summed E-state index contributed by atoms with van der Waals surface area (Å²) < 4.78 is 12.8. The Labute approximate surface area is 116 Å². The van der Waals surface area contributed by atoms with Crippen molar-refractivity contribution in [3.8, 4) is 0 Å². The van der Waals surface area contributed by atoms with Crippen LogP contribution in [0.4, 0.5) is 10.1 Å². The summed E-state index contributed by atoms with van der Waals surface area (Å²) in [6.07, 6.45) is 0.105. The van der Waals surface area contributed by atoms with Crippen molar-refractivity contribution in [2.24, 2.45) is 0 Å². The Hall–Kier alpha value is -2.20. The van der Waals surface area contributed by atoms with Crippen molar-refractivity contribution in [1.82, 2.24) is 0 Å². The first-order valence-corrected chi connectivity index (χ1v) is 6.47. The Morgan fingerprint density at radius 3 is 2.70 bits per heavy atom. The summed E-state index contributed by atoms with van der Waals surface area (Å²) in [6.45, 7) is 0. The van der Waals surface area contributed by atoms with Gasteiger partial charge < -0.3 is 10.4 Å². The lowest BCUT2D eigenvalue weighted by molar-refractivity contribution is -0.115. The molecule has 0 aromatic heterocycles. The Bertz CT molecular complexity index is 652. The average Bonchev–Trinajstić information content (AvgIpc) is 2.80. The molecule has 1 amide bonds. The lowest BCUT2D eigenvalue weighted by Gasteiger charge is -2.12. The van der Waals surface area contributed by atoms with E-state index in [4.69, 9.17) is 0 Å². The van der Waals surface area contributed by atoms with Crippen LogP contribution in [0.5, 0.6) is 0 Å². The number of amides is 1. The fourth-order valence-corrected chi connectivity index (χ4v) is 2.42. The Morgan fingerprint density at radius 1 is 1.20 bits per heavy atom. The standard InChI is InChI=1S/C16H14FNO2/c17-13-4-1-10(2-5-13)7-15(19)11-3-6-14-12(8-11)9-16(20)18-14/h1-6,8,15,19H,7,9H2,(H,18,20). The van der Waals surface area contributed by atoms with Crippen LogP contribution in [-0.2, 0) is 17.6 Å². The highest BCUT2D eigenvalue weighted by molar-refractivity contribution is 5.99. The lowest BCUT2D eigenvalue weighted by atomic mass is 9.99. The second kappa shape index (κ2) is 5.06. The largest absolute Gasteiger partial charge is 0.388 e. The van der Waals surface area contributed by atoms with Gasteiger partial charge >= 0.3 is 0 Å². The van der Waals surface area contributed by atoms with E-state index >= 15 is 0 Å². The first-order valence-electron chi connectivity index (χ1n) is 6.47. The van der Waals surface area contributed by atoms with Gasteiger partial charge in [0.2, 0.25) is 5.91 Å². The van der Waals surface area contributed by atoms with Crippen LogP contribution in [0, 0.1) is 5.82 Å². The summed E-state index contributed by atoms with van der Waals surface area (Å²) in [6, 6.07) is 11.6. The van der Waals surface area contributed by atoms with E-state index in [0.29, 0.717) is 12.8 Å². The summed E-state index contributed by atoms with van der Waals surface area (Å²) >= 11 is 0. The van der Waals surface area contributed by atoms with Crippen LogP contribution < -0.4 is 5.32 Å². The monoisotopic (exact) mass is 271 g/mol. The normalized spacial score (nSPS) is 14.8. The molecule has 0 aliphatic carbocycles. The second-order valence-electron chi connectivity index (χ2n) is 4.99. The second-order valence-corrected chi connectivity index (χ2v) is 4.99. The molecule has 1 atom stereocenters. The van der Waals surface area contributed by atoms with Gasteiger partial charge in [0.15, 0.2) is 0 Å². The van der Waals surface area contributed by atoms with Crippen molar-refractivity contribution in [1.29, 1.82) is 0 Å². The summed E-state index contributed by atoms with van der Waals surface area (Å²) in [5.74, 6) is -0.310. The number of halogens is 1. The topological polar surface area (TPSA) is 49.3 Å². The van der Waals surface area contributed by atoms with Crippen LogP contribution >= 0.6 is 0 Å².